The number of rotatable bonds is 8. The lowest BCUT2D eigenvalue weighted by molar-refractivity contribution is -0.00461. The third kappa shape index (κ3) is 4.54. The van der Waals surface area contributed by atoms with Gasteiger partial charge in [-0.3, -0.25) is 4.90 Å². The summed E-state index contributed by atoms with van der Waals surface area (Å²) in [5, 5.41) is 3.45. The van der Waals surface area contributed by atoms with Crippen LogP contribution >= 0.6 is 0 Å². The number of nitrogens with one attached hydrogen (secondary N) is 1. The zero-order valence-corrected chi connectivity index (χ0v) is 11.7. The van der Waals surface area contributed by atoms with Gasteiger partial charge in [0.2, 0.25) is 0 Å². The van der Waals surface area contributed by atoms with Gasteiger partial charge in [-0.2, -0.15) is 0 Å². The maximum Gasteiger partial charge on any atom is 0.0971 e. The van der Waals surface area contributed by atoms with E-state index in [-0.39, 0.29) is 12.2 Å². The highest BCUT2D eigenvalue weighted by atomic mass is 16.5. The SMILES string of the molecule is CCCNCCC(C)N1CC(OC)C(OC)C1. The molecule has 1 N–H and O–H groups in total. The van der Waals surface area contributed by atoms with Crippen LogP contribution in [0.1, 0.15) is 26.7 Å². The van der Waals surface area contributed by atoms with E-state index in [0.29, 0.717) is 6.04 Å². The minimum Gasteiger partial charge on any atom is -0.377 e. The van der Waals surface area contributed by atoms with Crippen molar-refractivity contribution in [1.29, 1.82) is 0 Å². The quantitative estimate of drug-likeness (QED) is 0.649. The first-order valence-electron chi connectivity index (χ1n) is 6.73. The molecule has 1 aliphatic rings. The van der Waals surface area contributed by atoms with Crippen molar-refractivity contribution in [1.82, 2.24) is 10.2 Å². The topological polar surface area (TPSA) is 33.7 Å². The third-order valence-corrected chi connectivity index (χ3v) is 3.64. The number of hydrogen-bond donors (Lipinski definition) is 1. The number of nitrogens with zero attached hydrogens (tertiary/aromatic N) is 1. The molecule has 0 aromatic rings. The Hall–Kier alpha value is -0.160. The van der Waals surface area contributed by atoms with E-state index in [2.05, 4.69) is 24.1 Å². The summed E-state index contributed by atoms with van der Waals surface area (Å²) in [5.41, 5.74) is 0. The van der Waals surface area contributed by atoms with Crippen LogP contribution in [-0.4, -0.2) is 63.5 Å². The summed E-state index contributed by atoms with van der Waals surface area (Å²) in [6.07, 6.45) is 2.85. The summed E-state index contributed by atoms with van der Waals surface area (Å²) < 4.78 is 10.9. The van der Waals surface area contributed by atoms with Crippen LogP contribution in [0, 0.1) is 0 Å². The third-order valence-electron chi connectivity index (χ3n) is 3.64. The van der Waals surface area contributed by atoms with Crippen LogP contribution in [0.15, 0.2) is 0 Å². The molecule has 1 rings (SSSR count). The van der Waals surface area contributed by atoms with Gasteiger partial charge in [-0.25, -0.2) is 0 Å². The molecule has 4 heteroatoms. The fourth-order valence-corrected chi connectivity index (χ4v) is 2.38. The zero-order valence-electron chi connectivity index (χ0n) is 11.7. The van der Waals surface area contributed by atoms with Crippen molar-refractivity contribution in [3.63, 3.8) is 0 Å². The van der Waals surface area contributed by atoms with Crippen molar-refractivity contribution in [3.05, 3.63) is 0 Å². The molecular formula is C13H28N2O2. The molecule has 1 aliphatic heterocycles. The molecule has 0 bridgehead atoms. The van der Waals surface area contributed by atoms with Gasteiger partial charge in [0.05, 0.1) is 12.2 Å². The van der Waals surface area contributed by atoms with Crippen molar-refractivity contribution in [2.24, 2.45) is 0 Å². The minimum atomic E-state index is 0.228. The molecule has 1 saturated heterocycles. The van der Waals surface area contributed by atoms with Crippen LogP contribution in [0.3, 0.4) is 0 Å². The summed E-state index contributed by atoms with van der Waals surface area (Å²) in [6, 6.07) is 0.595. The van der Waals surface area contributed by atoms with Crippen LogP contribution in [0.2, 0.25) is 0 Å². The molecule has 1 fully saturated rings. The molecule has 0 saturated carbocycles. The maximum atomic E-state index is 5.46. The van der Waals surface area contributed by atoms with Gasteiger partial charge in [0.15, 0.2) is 0 Å². The Kier molecular flexibility index (Phi) is 7.04. The zero-order chi connectivity index (χ0) is 12.7. The second-order valence-corrected chi connectivity index (χ2v) is 4.89. The van der Waals surface area contributed by atoms with Crippen molar-refractivity contribution < 1.29 is 9.47 Å². The van der Waals surface area contributed by atoms with E-state index in [1.165, 1.54) is 12.8 Å². The molecule has 17 heavy (non-hydrogen) atoms. The van der Waals surface area contributed by atoms with Crippen molar-refractivity contribution in [2.45, 2.75) is 44.9 Å². The lowest BCUT2D eigenvalue weighted by Crippen LogP contribution is -2.34. The van der Waals surface area contributed by atoms with Gasteiger partial charge in [-0.1, -0.05) is 6.92 Å². The lowest BCUT2D eigenvalue weighted by atomic mass is 10.2. The summed E-state index contributed by atoms with van der Waals surface area (Å²) in [7, 11) is 3.54. The molecule has 0 aliphatic carbocycles. The Morgan fingerprint density at radius 3 is 2.24 bits per heavy atom. The van der Waals surface area contributed by atoms with Gasteiger partial charge in [-0.05, 0) is 32.9 Å². The highest BCUT2D eigenvalue weighted by Crippen LogP contribution is 2.19. The molecular weight excluding hydrogens is 216 g/mol. The first kappa shape index (κ1) is 14.9. The molecule has 1 heterocycles. The summed E-state index contributed by atoms with van der Waals surface area (Å²) in [5.74, 6) is 0. The van der Waals surface area contributed by atoms with Gasteiger partial charge in [0.1, 0.15) is 0 Å². The first-order valence-corrected chi connectivity index (χ1v) is 6.73. The van der Waals surface area contributed by atoms with E-state index >= 15 is 0 Å². The number of methoxy groups -OCH3 is 2. The second kappa shape index (κ2) is 8.03. The molecule has 0 aromatic heterocycles. The Balaban J connectivity index is 2.26. The Bertz CT molecular complexity index is 190. The van der Waals surface area contributed by atoms with Gasteiger partial charge in [0.25, 0.3) is 0 Å². The molecule has 0 spiro atoms. The van der Waals surface area contributed by atoms with Gasteiger partial charge < -0.3 is 14.8 Å². The minimum absolute atomic E-state index is 0.228. The van der Waals surface area contributed by atoms with E-state index in [4.69, 9.17) is 9.47 Å². The smallest absolute Gasteiger partial charge is 0.0971 e. The number of likely N-dealkylation sites (tertiary alicyclic amines) is 1. The van der Waals surface area contributed by atoms with E-state index in [1.807, 2.05) is 0 Å². The monoisotopic (exact) mass is 244 g/mol. The Labute approximate surface area is 106 Å². The standard InChI is InChI=1S/C13H28N2O2/c1-5-7-14-8-6-11(2)15-9-12(16-3)13(10-15)17-4/h11-14H,5-10H2,1-4H3. The summed E-state index contributed by atoms with van der Waals surface area (Å²) in [4.78, 5) is 2.47. The highest BCUT2D eigenvalue weighted by Gasteiger charge is 2.34. The Morgan fingerprint density at radius 2 is 1.76 bits per heavy atom. The fraction of sp³-hybridized carbons (Fsp3) is 1.00. The average Bonchev–Trinajstić information content (AvgIpc) is 2.77. The lowest BCUT2D eigenvalue weighted by Gasteiger charge is -2.24. The summed E-state index contributed by atoms with van der Waals surface area (Å²) in [6.45, 7) is 8.68. The van der Waals surface area contributed by atoms with Crippen LogP contribution < -0.4 is 5.32 Å². The van der Waals surface area contributed by atoms with E-state index in [0.717, 1.165) is 26.2 Å². The normalized spacial score (nSPS) is 27.5. The van der Waals surface area contributed by atoms with Gasteiger partial charge in [-0.15, -0.1) is 0 Å². The van der Waals surface area contributed by atoms with Crippen LogP contribution in [0.5, 0.6) is 0 Å². The highest BCUT2D eigenvalue weighted by molar-refractivity contribution is 4.88. The van der Waals surface area contributed by atoms with Crippen molar-refractivity contribution >= 4 is 0 Å². The second-order valence-electron chi connectivity index (χ2n) is 4.89. The molecule has 102 valence electrons. The molecule has 0 amide bonds. The van der Waals surface area contributed by atoms with Crippen LogP contribution in [0.25, 0.3) is 0 Å². The molecule has 3 unspecified atom stereocenters. The molecule has 0 radical (unpaired) electrons. The van der Waals surface area contributed by atoms with Gasteiger partial charge >= 0.3 is 0 Å². The van der Waals surface area contributed by atoms with Crippen molar-refractivity contribution in [2.75, 3.05) is 40.4 Å². The summed E-state index contributed by atoms with van der Waals surface area (Å²) >= 11 is 0. The fourth-order valence-electron chi connectivity index (χ4n) is 2.38. The number of hydrogen-bond acceptors (Lipinski definition) is 4. The maximum absolute atomic E-state index is 5.46. The first-order chi connectivity index (χ1) is 8.22. The van der Waals surface area contributed by atoms with Crippen molar-refractivity contribution in [3.8, 4) is 0 Å². The predicted molar refractivity (Wildman–Crippen MR) is 70.4 cm³/mol. The van der Waals surface area contributed by atoms with Gasteiger partial charge in [0, 0.05) is 33.4 Å². The largest absolute Gasteiger partial charge is 0.377 e. The predicted octanol–water partition coefficient (Wildman–Crippen LogP) is 1.11. The molecule has 0 aromatic carbocycles. The van der Waals surface area contributed by atoms with Crippen LogP contribution in [-0.2, 0) is 9.47 Å². The van der Waals surface area contributed by atoms with Crippen LogP contribution in [0.4, 0.5) is 0 Å². The van der Waals surface area contributed by atoms with E-state index in [9.17, 15) is 0 Å². The number of ether oxygens (including phenoxy) is 2. The molecule has 3 atom stereocenters. The average molecular weight is 244 g/mol. The Morgan fingerprint density at radius 1 is 1.18 bits per heavy atom. The molecule has 4 nitrogen and oxygen atoms in total. The van der Waals surface area contributed by atoms with E-state index < -0.39 is 0 Å². The van der Waals surface area contributed by atoms with E-state index in [1.54, 1.807) is 14.2 Å².